The molecule has 2 aromatic rings. The fourth-order valence-corrected chi connectivity index (χ4v) is 2.25. The number of fused-ring (bicyclic) bond motifs is 1. The highest BCUT2D eigenvalue weighted by Gasteiger charge is 2.10. The molecule has 0 fully saturated rings. The molecule has 0 aliphatic rings. The van der Waals surface area contributed by atoms with E-state index in [1.807, 2.05) is 50.2 Å². The molecule has 0 saturated heterocycles. The average molecular weight is 266 g/mol. The topological polar surface area (TPSA) is 58.9 Å². The summed E-state index contributed by atoms with van der Waals surface area (Å²) in [5.41, 5.74) is 1.92. The summed E-state index contributed by atoms with van der Waals surface area (Å²) in [6.45, 7) is 3.70. The second kappa shape index (κ2) is 6.07. The third kappa shape index (κ3) is 2.72. The third-order valence-corrected chi connectivity index (χ3v) is 3.36. The van der Waals surface area contributed by atoms with Crippen LogP contribution in [0, 0.1) is 0 Å². The van der Waals surface area contributed by atoms with Gasteiger partial charge in [-0.1, -0.05) is 30.3 Å². The maximum Gasteiger partial charge on any atom is 0.235 e. The Balaban J connectivity index is 2.56. The molecule has 0 bridgehead atoms. The lowest BCUT2D eigenvalue weighted by molar-refractivity contribution is 0.559. The zero-order chi connectivity index (χ0) is 14.5. The van der Waals surface area contributed by atoms with Gasteiger partial charge in [0.25, 0.3) is 0 Å². The molecule has 0 N–H and O–H groups in total. The van der Waals surface area contributed by atoms with Crippen molar-refractivity contribution in [1.82, 2.24) is 0 Å². The van der Waals surface area contributed by atoms with Gasteiger partial charge in [-0.2, -0.15) is 9.98 Å². The summed E-state index contributed by atoms with van der Waals surface area (Å²) in [7, 11) is 0. The van der Waals surface area contributed by atoms with Gasteiger partial charge < -0.3 is 0 Å². The molecule has 0 amide bonds. The number of aliphatic imine (C=N–C) groups is 2. The van der Waals surface area contributed by atoms with E-state index in [1.54, 1.807) is 12.2 Å². The van der Waals surface area contributed by atoms with Crippen molar-refractivity contribution in [2.75, 3.05) is 0 Å². The molecule has 0 spiro atoms. The highest BCUT2D eigenvalue weighted by molar-refractivity contribution is 5.87. The van der Waals surface area contributed by atoms with E-state index < -0.39 is 0 Å². The molecule has 20 heavy (non-hydrogen) atoms. The summed E-state index contributed by atoms with van der Waals surface area (Å²) in [6.07, 6.45) is 3.17. The van der Waals surface area contributed by atoms with E-state index >= 15 is 0 Å². The highest BCUT2D eigenvalue weighted by Crippen LogP contribution is 2.29. The fourth-order valence-electron chi connectivity index (χ4n) is 2.25. The lowest BCUT2D eigenvalue weighted by Crippen LogP contribution is -1.93. The van der Waals surface area contributed by atoms with Crippen molar-refractivity contribution < 1.29 is 9.59 Å². The molecule has 0 radical (unpaired) electrons. The molecule has 2 rings (SSSR count). The van der Waals surface area contributed by atoms with Crippen molar-refractivity contribution in [2.45, 2.75) is 25.9 Å². The molecular formula is C16H14N2O2. The Labute approximate surface area is 116 Å². The van der Waals surface area contributed by atoms with Gasteiger partial charge in [0.15, 0.2) is 0 Å². The predicted molar refractivity (Wildman–Crippen MR) is 77.0 cm³/mol. The van der Waals surface area contributed by atoms with Gasteiger partial charge in [-0.15, -0.1) is 0 Å². The number of hydrogen-bond donors (Lipinski definition) is 0. The summed E-state index contributed by atoms with van der Waals surface area (Å²) < 4.78 is 0. The minimum atomic E-state index is -0.229. The van der Waals surface area contributed by atoms with Gasteiger partial charge in [-0.25, -0.2) is 9.59 Å². The van der Waals surface area contributed by atoms with Gasteiger partial charge >= 0.3 is 0 Å². The van der Waals surface area contributed by atoms with Crippen LogP contribution in [0.15, 0.2) is 46.4 Å². The summed E-state index contributed by atoms with van der Waals surface area (Å²) in [6, 6.07) is 11.3. The SMILES string of the molecule is CC(N=C=O)c1ccc2c(C(C)N=C=O)cccc2c1. The molecule has 0 aliphatic carbocycles. The fraction of sp³-hybridized carbons (Fsp3) is 0.250. The first kappa shape index (κ1) is 13.9. The van der Waals surface area contributed by atoms with Crippen molar-refractivity contribution in [3.8, 4) is 0 Å². The first-order chi connectivity index (χ1) is 9.67. The molecule has 0 heterocycles. The number of isocyanates is 2. The van der Waals surface area contributed by atoms with Crippen LogP contribution in [0.5, 0.6) is 0 Å². The summed E-state index contributed by atoms with van der Waals surface area (Å²) in [5.74, 6) is 0. The third-order valence-electron chi connectivity index (χ3n) is 3.36. The van der Waals surface area contributed by atoms with Crippen LogP contribution in [-0.4, -0.2) is 12.2 Å². The Bertz CT molecular complexity index is 726. The minimum Gasteiger partial charge on any atom is -0.211 e. The zero-order valence-electron chi connectivity index (χ0n) is 11.3. The van der Waals surface area contributed by atoms with Crippen LogP contribution < -0.4 is 0 Å². The standard InChI is InChI=1S/C16H14N2O2/c1-11(17-9-19)13-6-7-16-14(8-13)4-3-5-15(16)12(2)18-10-20/h3-8,11-12H,1-2H3. The van der Waals surface area contributed by atoms with Crippen LogP contribution in [0.1, 0.15) is 37.1 Å². The first-order valence-corrected chi connectivity index (χ1v) is 6.34. The number of hydrogen-bond acceptors (Lipinski definition) is 4. The van der Waals surface area contributed by atoms with E-state index in [1.165, 1.54) is 0 Å². The largest absolute Gasteiger partial charge is 0.235 e. The van der Waals surface area contributed by atoms with Gasteiger partial charge in [0.05, 0.1) is 12.1 Å². The zero-order valence-corrected chi connectivity index (χ0v) is 11.3. The van der Waals surface area contributed by atoms with Crippen molar-refractivity contribution >= 4 is 22.9 Å². The van der Waals surface area contributed by atoms with Gasteiger partial charge in [0, 0.05) is 0 Å². The quantitative estimate of drug-likeness (QED) is 0.626. The van der Waals surface area contributed by atoms with E-state index in [4.69, 9.17) is 0 Å². The van der Waals surface area contributed by atoms with Crippen LogP contribution in [0.4, 0.5) is 0 Å². The van der Waals surface area contributed by atoms with Crippen LogP contribution in [0.3, 0.4) is 0 Å². The Morgan fingerprint density at radius 2 is 1.65 bits per heavy atom. The van der Waals surface area contributed by atoms with Gasteiger partial charge in [-0.3, -0.25) is 0 Å². The molecular weight excluding hydrogens is 252 g/mol. The van der Waals surface area contributed by atoms with Gasteiger partial charge in [0.2, 0.25) is 12.2 Å². The molecule has 2 unspecified atom stereocenters. The Morgan fingerprint density at radius 3 is 2.35 bits per heavy atom. The predicted octanol–water partition coefficient (Wildman–Crippen LogP) is 3.63. The van der Waals surface area contributed by atoms with Crippen molar-refractivity contribution in [1.29, 1.82) is 0 Å². The van der Waals surface area contributed by atoms with E-state index in [0.29, 0.717) is 0 Å². The first-order valence-electron chi connectivity index (χ1n) is 6.34. The molecule has 2 atom stereocenters. The Kier molecular flexibility index (Phi) is 4.21. The minimum absolute atomic E-state index is 0.217. The van der Waals surface area contributed by atoms with Crippen LogP contribution in [-0.2, 0) is 9.59 Å². The summed E-state index contributed by atoms with van der Waals surface area (Å²) in [4.78, 5) is 28.2. The van der Waals surface area contributed by atoms with Crippen molar-refractivity contribution in [2.24, 2.45) is 9.98 Å². The van der Waals surface area contributed by atoms with E-state index in [9.17, 15) is 9.59 Å². The van der Waals surface area contributed by atoms with Crippen LogP contribution >= 0.6 is 0 Å². The normalized spacial score (nSPS) is 13.1. The van der Waals surface area contributed by atoms with Gasteiger partial charge in [-0.05, 0) is 41.8 Å². The maximum atomic E-state index is 10.4. The number of rotatable bonds is 4. The average Bonchev–Trinajstić information content (AvgIpc) is 2.46. The lowest BCUT2D eigenvalue weighted by Gasteiger charge is -2.11. The summed E-state index contributed by atoms with van der Waals surface area (Å²) in [5, 5.41) is 2.06. The van der Waals surface area contributed by atoms with E-state index in [2.05, 4.69) is 9.98 Å². The number of benzene rings is 2. The number of carbonyl (C=O) groups excluding carboxylic acids is 2. The molecule has 0 aliphatic heterocycles. The monoisotopic (exact) mass is 266 g/mol. The van der Waals surface area contributed by atoms with Gasteiger partial charge in [0.1, 0.15) is 0 Å². The molecule has 0 aromatic heterocycles. The lowest BCUT2D eigenvalue weighted by atomic mass is 9.97. The smallest absolute Gasteiger partial charge is 0.211 e. The Hall–Kier alpha value is -2.54. The molecule has 2 aromatic carbocycles. The molecule has 0 saturated carbocycles. The molecule has 100 valence electrons. The van der Waals surface area contributed by atoms with Crippen molar-refractivity contribution in [3.05, 3.63) is 47.5 Å². The molecule has 4 nitrogen and oxygen atoms in total. The molecule has 4 heteroatoms. The number of nitrogens with zero attached hydrogens (tertiary/aromatic N) is 2. The second-order valence-corrected chi connectivity index (χ2v) is 4.62. The highest BCUT2D eigenvalue weighted by atomic mass is 16.1. The Morgan fingerprint density at radius 1 is 0.950 bits per heavy atom. The van der Waals surface area contributed by atoms with Crippen LogP contribution in [0.2, 0.25) is 0 Å². The van der Waals surface area contributed by atoms with Crippen molar-refractivity contribution in [3.63, 3.8) is 0 Å². The second-order valence-electron chi connectivity index (χ2n) is 4.62. The van der Waals surface area contributed by atoms with E-state index in [0.717, 1.165) is 21.9 Å². The summed E-state index contributed by atoms with van der Waals surface area (Å²) >= 11 is 0. The van der Waals surface area contributed by atoms with Crippen LogP contribution in [0.25, 0.3) is 10.8 Å². The maximum absolute atomic E-state index is 10.4. The van der Waals surface area contributed by atoms with E-state index in [-0.39, 0.29) is 12.1 Å².